The molecule has 0 unspecified atom stereocenters. The first kappa shape index (κ1) is 15.2. The fourth-order valence-electron chi connectivity index (χ4n) is 3.29. The third-order valence-electron chi connectivity index (χ3n) is 4.37. The second-order valence-corrected chi connectivity index (χ2v) is 6.08. The molecule has 0 aliphatic carbocycles. The summed E-state index contributed by atoms with van der Waals surface area (Å²) in [7, 11) is 0. The van der Waals surface area contributed by atoms with Gasteiger partial charge in [0.1, 0.15) is 6.61 Å². The molecule has 0 aromatic heterocycles. The lowest BCUT2D eigenvalue weighted by Gasteiger charge is -2.35. The van der Waals surface area contributed by atoms with Gasteiger partial charge in [-0.2, -0.15) is 0 Å². The van der Waals surface area contributed by atoms with E-state index in [-0.39, 0.29) is 17.9 Å². The first-order chi connectivity index (χ1) is 10.7. The van der Waals surface area contributed by atoms with E-state index < -0.39 is 0 Å². The van der Waals surface area contributed by atoms with E-state index in [4.69, 9.17) is 15.2 Å². The Kier molecular flexibility index (Phi) is 4.52. The number of fused-ring (bicyclic) bond motifs is 1. The third kappa shape index (κ3) is 3.04. The maximum atomic E-state index is 12.7. The Hall–Kier alpha value is -1.75. The summed E-state index contributed by atoms with van der Waals surface area (Å²) >= 11 is 0. The van der Waals surface area contributed by atoms with Crippen LogP contribution >= 0.6 is 0 Å². The van der Waals surface area contributed by atoms with Gasteiger partial charge in [-0.25, -0.2) is 0 Å². The van der Waals surface area contributed by atoms with Crippen molar-refractivity contribution >= 4 is 5.91 Å². The number of nitrogens with zero attached hydrogens (tertiary/aromatic N) is 1. The third-order valence-corrected chi connectivity index (χ3v) is 4.37. The van der Waals surface area contributed by atoms with E-state index in [1.165, 1.54) is 0 Å². The Bertz CT molecular complexity index is 547. The molecule has 2 N–H and O–H groups in total. The molecule has 1 fully saturated rings. The summed E-state index contributed by atoms with van der Waals surface area (Å²) in [5.41, 5.74) is 7.03. The summed E-state index contributed by atoms with van der Waals surface area (Å²) in [6, 6.07) is 5.99. The first-order valence-electron chi connectivity index (χ1n) is 8.11. The van der Waals surface area contributed by atoms with Crippen LogP contribution in [0.3, 0.4) is 0 Å². The fourth-order valence-corrected chi connectivity index (χ4v) is 3.29. The molecule has 1 amide bonds. The van der Waals surface area contributed by atoms with Gasteiger partial charge in [0.05, 0.1) is 12.5 Å². The van der Waals surface area contributed by atoms with Gasteiger partial charge in [0, 0.05) is 19.1 Å². The molecule has 22 heavy (non-hydrogen) atoms. The molecule has 2 heterocycles. The van der Waals surface area contributed by atoms with Gasteiger partial charge in [-0.05, 0) is 37.8 Å². The topological polar surface area (TPSA) is 64.8 Å². The van der Waals surface area contributed by atoms with E-state index in [0.717, 1.165) is 36.4 Å². The molecule has 0 spiro atoms. The van der Waals surface area contributed by atoms with Crippen molar-refractivity contribution < 1.29 is 14.3 Å². The largest absolute Gasteiger partial charge is 0.490 e. The van der Waals surface area contributed by atoms with E-state index in [1.807, 2.05) is 30.0 Å². The van der Waals surface area contributed by atoms with E-state index >= 15 is 0 Å². The molecule has 1 aromatic rings. The van der Waals surface area contributed by atoms with Crippen molar-refractivity contribution in [1.29, 1.82) is 0 Å². The van der Waals surface area contributed by atoms with Gasteiger partial charge >= 0.3 is 0 Å². The molecule has 3 rings (SSSR count). The minimum atomic E-state index is -0.116. The number of likely N-dealkylation sites (tertiary alicyclic amines) is 1. The highest BCUT2D eigenvalue weighted by Gasteiger charge is 2.32. The number of rotatable bonds is 3. The van der Waals surface area contributed by atoms with Crippen LogP contribution in [-0.4, -0.2) is 43.2 Å². The zero-order chi connectivity index (χ0) is 15.5. The molecule has 2 atom stereocenters. The minimum Gasteiger partial charge on any atom is -0.490 e. The summed E-state index contributed by atoms with van der Waals surface area (Å²) < 4.78 is 11.4. The number of ether oxygens (including phenoxy) is 2. The number of piperidine rings is 1. The van der Waals surface area contributed by atoms with Crippen LogP contribution in [-0.2, 0) is 11.2 Å². The molecular weight excluding hydrogens is 280 g/mol. The zero-order valence-corrected chi connectivity index (χ0v) is 13.1. The molecule has 5 heteroatoms. The van der Waals surface area contributed by atoms with Gasteiger partial charge in [-0.1, -0.05) is 12.1 Å². The molecule has 2 aliphatic rings. The second kappa shape index (κ2) is 6.57. The number of nitrogens with two attached hydrogens (primary N) is 1. The molecule has 5 nitrogen and oxygen atoms in total. The van der Waals surface area contributed by atoms with Gasteiger partial charge in [-0.15, -0.1) is 0 Å². The Balaban J connectivity index is 1.71. The highest BCUT2D eigenvalue weighted by Crippen LogP contribution is 2.36. The molecular formula is C17H24N2O3. The highest BCUT2D eigenvalue weighted by atomic mass is 16.5. The van der Waals surface area contributed by atoms with Crippen molar-refractivity contribution in [3.05, 3.63) is 23.8 Å². The van der Waals surface area contributed by atoms with E-state index in [2.05, 4.69) is 0 Å². The van der Waals surface area contributed by atoms with E-state index in [1.54, 1.807) is 0 Å². The number of hydrogen-bond donors (Lipinski definition) is 1. The second-order valence-electron chi connectivity index (χ2n) is 6.08. The van der Waals surface area contributed by atoms with Crippen molar-refractivity contribution in [2.45, 2.75) is 32.2 Å². The molecule has 0 radical (unpaired) electrons. The smallest absolute Gasteiger partial charge is 0.229 e. The number of para-hydroxylation sites is 1. The number of carbonyl (C=O) groups excluding carboxylic acids is 1. The molecule has 1 saturated heterocycles. The standard InChI is InChI=1S/C17H24N2O3/c1-2-21-15-7-3-5-12-9-13(11-22-16(12)15)17(20)19-8-4-6-14(18)10-19/h3,5,7,13-14H,2,4,6,8-11,18H2,1H3/t13-,14+/m1/s1. The summed E-state index contributed by atoms with van der Waals surface area (Å²) in [6.07, 6.45) is 2.71. The minimum absolute atomic E-state index is 0.110. The SMILES string of the molecule is CCOc1cccc2c1OC[C@H](C(=O)N1CCC[C@H](N)C1)C2. The number of carbonyl (C=O) groups is 1. The van der Waals surface area contributed by atoms with Gasteiger partial charge in [0.2, 0.25) is 5.91 Å². The van der Waals surface area contributed by atoms with Gasteiger partial charge in [0.25, 0.3) is 0 Å². The van der Waals surface area contributed by atoms with Crippen LogP contribution in [0.5, 0.6) is 11.5 Å². The summed E-state index contributed by atoms with van der Waals surface area (Å²) in [4.78, 5) is 14.6. The Morgan fingerprint density at radius 1 is 1.50 bits per heavy atom. The predicted octanol–water partition coefficient (Wildman–Crippen LogP) is 1.59. The Morgan fingerprint density at radius 2 is 2.36 bits per heavy atom. The zero-order valence-electron chi connectivity index (χ0n) is 13.1. The highest BCUT2D eigenvalue weighted by molar-refractivity contribution is 5.80. The summed E-state index contributed by atoms with van der Waals surface area (Å²) in [6.45, 7) is 4.46. The van der Waals surface area contributed by atoms with E-state index in [9.17, 15) is 4.79 Å². The van der Waals surface area contributed by atoms with Gasteiger partial charge in [-0.3, -0.25) is 4.79 Å². The number of benzene rings is 1. The summed E-state index contributed by atoms with van der Waals surface area (Å²) in [5, 5.41) is 0. The quantitative estimate of drug-likeness (QED) is 0.921. The Morgan fingerprint density at radius 3 is 3.14 bits per heavy atom. The van der Waals surface area contributed by atoms with Crippen LogP contribution < -0.4 is 15.2 Å². The Labute approximate surface area is 131 Å². The predicted molar refractivity (Wildman–Crippen MR) is 84.1 cm³/mol. The number of hydrogen-bond acceptors (Lipinski definition) is 4. The first-order valence-corrected chi connectivity index (χ1v) is 8.11. The normalized spacial score (nSPS) is 24.4. The maximum Gasteiger partial charge on any atom is 0.229 e. The molecule has 1 aromatic carbocycles. The number of amides is 1. The molecule has 0 bridgehead atoms. The van der Waals surface area contributed by atoms with Crippen LogP contribution in [0, 0.1) is 5.92 Å². The van der Waals surface area contributed by atoms with Crippen molar-refractivity contribution in [1.82, 2.24) is 4.90 Å². The van der Waals surface area contributed by atoms with E-state index in [0.29, 0.717) is 26.2 Å². The lowest BCUT2D eigenvalue weighted by Crippen LogP contribution is -2.49. The van der Waals surface area contributed by atoms with Crippen molar-refractivity contribution in [3.8, 4) is 11.5 Å². The lowest BCUT2D eigenvalue weighted by atomic mass is 9.94. The van der Waals surface area contributed by atoms with Crippen LogP contribution in [0.25, 0.3) is 0 Å². The molecule has 120 valence electrons. The van der Waals surface area contributed by atoms with Crippen molar-refractivity contribution in [2.24, 2.45) is 11.7 Å². The molecule has 0 saturated carbocycles. The average molecular weight is 304 g/mol. The molecule has 2 aliphatic heterocycles. The average Bonchev–Trinajstić information content (AvgIpc) is 2.54. The van der Waals surface area contributed by atoms with Gasteiger partial charge in [0.15, 0.2) is 11.5 Å². The summed E-state index contributed by atoms with van der Waals surface area (Å²) in [5.74, 6) is 1.62. The van der Waals surface area contributed by atoms with Crippen LogP contribution in [0.2, 0.25) is 0 Å². The van der Waals surface area contributed by atoms with Crippen LogP contribution in [0.15, 0.2) is 18.2 Å². The van der Waals surface area contributed by atoms with Crippen molar-refractivity contribution in [3.63, 3.8) is 0 Å². The van der Waals surface area contributed by atoms with Gasteiger partial charge < -0.3 is 20.1 Å². The van der Waals surface area contributed by atoms with Crippen molar-refractivity contribution in [2.75, 3.05) is 26.3 Å². The monoisotopic (exact) mass is 304 g/mol. The maximum absolute atomic E-state index is 12.7. The van der Waals surface area contributed by atoms with Crippen LogP contribution in [0.1, 0.15) is 25.3 Å². The van der Waals surface area contributed by atoms with Crippen LogP contribution in [0.4, 0.5) is 0 Å². The lowest BCUT2D eigenvalue weighted by molar-refractivity contribution is -0.138. The fraction of sp³-hybridized carbons (Fsp3) is 0.588.